The molecule has 2 N–H and O–H groups in total. The molecule has 0 aliphatic carbocycles. The summed E-state index contributed by atoms with van der Waals surface area (Å²) in [5.41, 5.74) is 5.82. The standard InChI is InChI=1S/C9H8BrF2N3/c10-7-4-15-8(9(11)12)5(1-2-13)6(7)3-14/h4,9H,1,3,14H2. The molecular formula is C9H8BrF2N3. The molecule has 1 aromatic heterocycles. The Balaban J connectivity index is 3.36. The van der Waals surface area contributed by atoms with Gasteiger partial charge in [-0.3, -0.25) is 4.98 Å². The lowest BCUT2D eigenvalue weighted by Gasteiger charge is -2.11. The Morgan fingerprint density at radius 3 is 2.67 bits per heavy atom. The minimum absolute atomic E-state index is 0.0971. The first-order valence-corrected chi connectivity index (χ1v) is 4.92. The molecule has 0 atom stereocenters. The van der Waals surface area contributed by atoms with Gasteiger partial charge in [-0.05, 0) is 27.1 Å². The van der Waals surface area contributed by atoms with Crippen LogP contribution in [-0.2, 0) is 13.0 Å². The molecule has 6 heteroatoms. The summed E-state index contributed by atoms with van der Waals surface area (Å²) in [6.45, 7) is 0.0971. The highest BCUT2D eigenvalue weighted by atomic mass is 79.9. The van der Waals surface area contributed by atoms with Gasteiger partial charge in [-0.2, -0.15) is 5.26 Å². The summed E-state index contributed by atoms with van der Waals surface area (Å²) in [7, 11) is 0. The Bertz CT molecular complexity index is 401. The number of aromatic nitrogens is 1. The van der Waals surface area contributed by atoms with Crippen molar-refractivity contribution in [3.8, 4) is 6.07 Å². The number of nitrogens with two attached hydrogens (primary N) is 1. The third kappa shape index (κ3) is 2.49. The number of hydrogen-bond acceptors (Lipinski definition) is 3. The van der Waals surface area contributed by atoms with Crippen molar-refractivity contribution in [2.75, 3.05) is 0 Å². The van der Waals surface area contributed by atoms with Gasteiger partial charge in [-0.15, -0.1) is 0 Å². The van der Waals surface area contributed by atoms with Gasteiger partial charge in [0.05, 0.1) is 12.5 Å². The van der Waals surface area contributed by atoms with Crippen molar-refractivity contribution in [3.63, 3.8) is 0 Å². The van der Waals surface area contributed by atoms with Crippen molar-refractivity contribution in [2.24, 2.45) is 5.73 Å². The fraction of sp³-hybridized carbons (Fsp3) is 0.333. The molecule has 80 valence electrons. The van der Waals surface area contributed by atoms with E-state index in [-0.39, 0.29) is 24.2 Å². The number of alkyl halides is 2. The minimum atomic E-state index is -2.69. The highest BCUT2D eigenvalue weighted by molar-refractivity contribution is 9.10. The molecule has 1 heterocycles. The van der Waals surface area contributed by atoms with E-state index in [1.165, 1.54) is 6.20 Å². The van der Waals surface area contributed by atoms with Gasteiger partial charge >= 0.3 is 0 Å². The van der Waals surface area contributed by atoms with E-state index >= 15 is 0 Å². The van der Waals surface area contributed by atoms with E-state index in [4.69, 9.17) is 11.0 Å². The van der Waals surface area contributed by atoms with Crippen LogP contribution < -0.4 is 5.73 Å². The predicted octanol–water partition coefficient (Wildman–Crippen LogP) is 2.31. The second-order valence-electron chi connectivity index (χ2n) is 2.79. The molecule has 0 bridgehead atoms. The SMILES string of the molecule is N#CCc1c(C(F)F)ncc(Br)c1CN. The molecule has 1 aromatic rings. The topological polar surface area (TPSA) is 62.7 Å². The van der Waals surface area contributed by atoms with Gasteiger partial charge in [0.1, 0.15) is 5.69 Å². The molecule has 0 aliphatic rings. The summed E-state index contributed by atoms with van der Waals surface area (Å²) in [5.74, 6) is 0. The molecule has 0 unspecified atom stereocenters. The van der Waals surface area contributed by atoms with Crippen LogP contribution in [-0.4, -0.2) is 4.98 Å². The molecule has 3 nitrogen and oxygen atoms in total. The van der Waals surface area contributed by atoms with E-state index in [1.807, 2.05) is 6.07 Å². The van der Waals surface area contributed by atoms with E-state index in [0.717, 1.165) is 0 Å². The summed E-state index contributed by atoms with van der Waals surface area (Å²) in [5, 5.41) is 8.56. The van der Waals surface area contributed by atoms with Crippen LogP contribution in [0.25, 0.3) is 0 Å². The summed E-state index contributed by atoms with van der Waals surface area (Å²) < 4.78 is 25.7. The Morgan fingerprint density at radius 2 is 2.20 bits per heavy atom. The molecule has 1 rings (SSSR count). The van der Waals surface area contributed by atoms with Crippen LogP contribution >= 0.6 is 15.9 Å². The van der Waals surface area contributed by atoms with E-state index in [1.54, 1.807) is 0 Å². The molecule has 0 spiro atoms. The second kappa shape index (κ2) is 5.14. The van der Waals surface area contributed by atoms with Crippen molar-refractivity contribution in [2.45, 2.75) is 19.4 Å². The van der Waals surface area contributed by atoms with Crippen molar-refractivity contribution >= 4 is 15.9 Å². The number of halogens is 3. The molecule has 0 aliphatic heterocycles. The van der Waals surface area contributed by atoms with Gasteiger partial charge in [-0.1, -0.05) is 0 Å². The van der Waals surface area contributed by atoms with E-state index in [9.17, 15) is 8.78 Å². The zero-order valence-electron chi connectivity index (χ0n) is 7.67. The van der Waals surface area contributed by atoms with Crippen LogP contribution in [0.3, 0.4) is 0 Å². The minimum Gasteiger partial charge on any atom is -0.326 e. The van der Waals surface area contributed by atoms with Crippen LogP contribution in [0.2, 0.25) is 0 Å². The number of hydrogen-bond donors (Lipinski definition) is 1. The molecule has 0 radical (unpaired) electrons. The lowest BCUT2D eigenvalue weighted by molar-refractivity contribution is 0.145. The smallest absolute Gasteiger partial charge is 0.280 e. The third-order valence-corrected chi connectivity index (χ3v) is 2.63. The third-order valence-electron chi connectivity index (χ3n) is 1.95. The molecule has 0 amide bonds. The first-order valence-electron chi connectivity index (χ1n) is 4.13. The Kier molecular flexibility index (Phi) is 4.12. The largest absolute Gasteiger partial charge is 0.326 e. The van der Waals surface area contributed by atoms with Crippen LogP contribution in [0.15, 0.2) is 10.7 Å². The van der Waals surface area contributed by atoms with Crippen LogP contribution in [0.5, 0.6) is 0 Å². The van der Waals surface area contributed by atoms with Crippen molar-refractivity contribution in [1.29, 1.82) is 5.26 Å². The zero-order valence-corrected chi connectivity index (χ0v) is 9.26. The average molecular weight is 276 g/mol. The maximum Gasteiger partial charge on any atom is 0.280 e. The average Bonchev–Trinajstić information content (AvgIpc) is 2.18. The number of nitriles is 1. The second-order valence-corrected chi connectivity index (χ2v) is 3.64. The molecular weight excluding hydrogens is 268 g/mol. The van der Waals surface area contributed by atoms with Gasteiger partial charge in [0, 0.05) is 17.2 Å². The quantitative estimate of drug-likeness (QED) is 0.921. The van der Waals surface area contributed by atoms with Crippen LogP contribution in [0, 0.1) is 11.3 Å². The molecule has 0 saturated heterocycles. The lowest BCUT2D eigenvalue weighted by atomic mass is 10.0. The highest BCUT2D eigenvalue weighted by Gasteiger charge is 2.19. The monoisotopic (exact) mass is 275 g/mol. The van der Waals surface area contributed by atoms with E-state index < -0.39 is 6.43 Å². The lowest BCUT2D eigenvalue weighted by Crippen LogP contribution is -2.08. The van der Waals surface area contributed by atoms with Gasteiger partial charge in [-0.25, -0.2) is 8.78 Å². The Morgan fingerprint density at radius 1 is 1.53 bits per heavy atom. The fourth-order valence-corrected chi connectivity index (χ4v) is 1.77. The Hall–Kier alpha value is -1.06. The molecule has 0 saturated carbocycles. The number of nitrogens with zero attached hydrogens (tertiary/aromatic N) is 2. The maximum absolute atomic E-state index is 12.6. The first kappa shape index (κ1) is 12.0. The predicted molar refractivity (Wildman–Crippen MR) is 54.1 cm³/mol. The summed E-state index contributed by atoms with van der Waals surface area (Å²) in [6.07, 6.45) is -1.52. The summed E-state index contributed by atoms with van der Waals surface area (Å²) in [4.78, 5) is 3.60. The summed E-state index contributed by atoms with van der Waals surface area (Å²) in [6, 6.07) is 1.83. The van der Waals surface area contributed by atoms with Crippen LogP contribution in [0.4, 0.5) is 8.78 Å². The molecule has 0 fully saturated rings. The fourth-order valence-electron chi connectivity index (χ4n) is 1.27. The van der Waals surface area contributed by atoms with Gasteiger partial charge < -0.3 is 5.73 Å². The zero-order chi connectivity index (χ0) is 11.4. The normalized spacial score (nSPS) is 10.4. The number of rotatable bonds is 3. The highest BCUT2D eigenvalue weighted by Crippen LogP contribution is 2.28. The van der Waals surface area contributed by atoms with Crippen molar-refractivity contribution < 1.29 is 8.78 Å². The van der Waals surface area contributed by atoms with Crippen molar-refractivity contribution in [1.82, 2.24) is 4.98 Å². The maximum atomic E-state index is 12.6. The molecule has 15 heavy (non-hydrogen) atoms. The van der Waals surface area contributed by atoms with Gasteiger partial charge in [0.25, 0.3) is 6.43 Å². The molecule has 0 aromatic carbocycles. The first-order chi connectivity index (χ1) is 7.11. The number of pyridine rings is 1. The van der Waals surface area contributed by atoms with E-state index in [0.29, 0.717) is 10.0 Å². The summed E-state index contributed by atoms with van der Waals surface area (Å²) >= 11 is 3.16. The Labute approximate surface area is 94.0 Å². The van der Waals surface area contributed by atoms with Crippen LogP contribution in [0.1, 0.15) is 23.2 Å². The van der Waals surface area contributed by atoms with E-state index in [2.05, 4.69) is 20.9 Å². The van der Waals surface area contributed by atoms with Gasteiger partial charge in [0.2, 0.25) is 0 Å². The van der Waals surface area contributed by atoms with Crippen molar-refractivity contribution in [3.05, 3.63) is 27.5 Å². The van der Waals surface area contributed by atoms with Gasteiger partial charge in [0.15, 0.2) is 0 Å².